The van der Waals surface area contributed by atoms with Crippen LogP contribution in [-0.4, -0.2) is 50.0 Å². The van der Waals surface area contributed by atoms with E-state index in [1.165, 1.54) is 6.42 Å². The van der Waals surface area contributed by atoms with E-state index in [0.29, 0.717) is 18.2 Å². The maximum absolute atomic E-state index is 5.51. The van der Waals surface area contributed by atoms with Gasteiger partial charge in [-0.25, -0.2) is 0 Å². The third-order valence-electron chi connectivity index (χ3n) is 2.80. The Kier molecular flexibility index (Phi) is 2.35. The second-order valence-corrected chi connectivity index (χ2v) is 3.83. The van der Waals surface area contributed by atoms with Crippen LogP contribution in [0.5, 0.6) is 0 Å². The standard InChI is InChI=1S/C9H17NO2/c1-7-9(3-4-11-7)10(2)5-8-6-12-8/h7-9H,3-6H2,1-2H3/t7?,8-,9?/m0/s1. The molecule has 0 aromatic carbocycles. The molecule has 2 saturated heterocycles. The van der Waals surface area contributed by atoms with Gasteiger partial charge in [0.1, 0.15) is 0 Å². The van der Waals surface area contributed by atoms with Crippen LogP contribution in [0.2, 0.25) is 0 Å². The highest BCUT2D eigenvalue weighted by molar-refractivity contribution is 4.83. The number of rotatable bonds is 3. The molecule has 3 atom stereocenters. The largest absolute Gasteiger partial charge is 0.377 e. The van der Waals surface area contributed by atoms with Crippen LogP contribution in [0.4, 0.5) is 0 Å². The van der Waals surface area contributed by atoms with Crippen LogP contribution in [0.3, 0.4) is 0 Å². The highest BCUT2D eigenvalue weighted by Crippen LogP contribution is 2.20. The quantitative estimate of drug-likeness (QED) is 0.578. The molecular weight excluding hydrogens is 154 g/mol. The molecule has 3 nitrogen and oxygen atoms in total. The molecule has 12 heavy (non-hydrogen) atoms. The third-order valence-corrected chi connectivity index (χ3v) is 2.80. The van der Waals surface area contributed by atoms with E-state index < -0.39 is 0 Å². The molecule has 2 heterocycles. The summed E-state index contributed by atoms with van der Waals surface area (Å²) in [7, 11) is 2.16. The highest BCUT2D eigenvalue weighted by Gasteiger charge is 2.32. The van der Waals surface area contributed by atoms with E-state index in [1.807, 2.05) is 0 Å². The number of hydrogen-bond donors (Lipinski definition) is 0. The number of hydrogen-bond acceptors (Lipinski definition) is 3. The average Bonchev–Trinajstić information content (AvgIpc) is 2.72. The van der Waals surface area contributed by atoms with Gasteiger partial charge in [0.05, 0.1) is 18.8 Å². The second kappa shape index (κ2) is 3.32. The normalized spacial score (nSPS) is 40.8. The minimum Gasteiger partial charge on any atom is -0.377 e. The van der Waals surface area contributed by atoms with Gasteiger partial charge in [0.15, 0.2) is 0 Å². The fourth-order valence-corrected chi connectivity index (χ4v) is 1.93. The Morgan fingerprint density at radius 2 is 2.17 bits per heavy atom. The monoisotopic (exact) mass is 171 g/mol. The van der Waals surface area contributed by atoms with E-state index >= 15 is 0 Å². The molecule has 2 fully saturated rings. The molecule has 0 spiro atoms. The zero-order valence-electron chi connectivity index (χ0n) is 7.82. The van der Waals surface area contributed by atoms with Crippen molar-refractivity contribution < 1.29 is 9.47 Å². The fraction of sp³-hybridized carbons (Fsp3) is 1.00. The van der Waals surface area contributed by atoms with Gasteiger partial charge >= 0.3 is 0 Å². The molecule has 70 valence electrons. The topological polar surface area (TPSA) is 25.0 Å². The van der Waals surface area contributed by atoms with Crippen molar-refractivity contribution in [1.82, 2.24) is 4.90 Å². The van der Waals surface area contributed by atoms with Crippen molar-refractivity contribution >= 4 is 0 Å². The van der Waals surface area contributed by atoms with Crippen molar-refractivity contribution in [1.29, 1.82) is 0 Å². The maximum atomic E-state index is 5.51. The lowest BCUT2D eigenvalue weighted by molar-refractivity contribution is 0.0813. The van der Waals surface area contributed by atoms with Crippen LogP contribution in [0.15, 0.2) is 0 Å². The Hall–Kier alpha value is -0.120. The predicted octanol–water partition coefficient (Wildman–Crippen LogP) is 0.494. The van der Waals surface area contributed by atoms with Gasteiger partial charge in [0.25, 0.3) is 0 Å². The third kappa shape index (κ3) is 1.79. The van der Waals surface area contributed by atoms with E-state index in [9.17, 15) is 0 Å². The van der Waals surface area contributed by atoms with E-state index in [4.69, 9.17) is 9.47 Å². The Morgan fingerprint density at radius 3 is 2.67 bits per heavy atom. The predicted molar refractivity (Wildman–Crippen MR) is 46.2 cm³/mol. The summed E-state index contributed by atoms with van der Waals surface area (Å²) in [6.07, 6.45) is 2.07. The Bertz CT molecular complexity index is 159. The van der Waals surface area contributed by atoms with Crippen molar-refractivity contribution in [3.05, 3.63) is 0 Å². The van der Waals surface area contributed by atoms with Crippen LogP contribution in [0.1, 0.15) is 13.3 Å². The molecule has 0 aromatic heterocycles. The van der Waals surface area contributed by atoms with Crippen molar-refractivity contribution in [2.24, 2.45) is 0 Å². The molecule has 2 unspecified atom stereocenters. The molecule has 0 amide bonds. The summed E-state index contributed by atoms with van der Waals surface area (Å²) < 4.78 is 10.7. The second-order valence-electron chi connectivity index (χ2n) is 3.83. The molecule has 0 N–H and O–H groups in total. The molecule has 2 rings (SSSR count). The Balaban J connectivity index is 1.80. The van der Waals surface area contributed by atoms with Gasteiger partial charge in [-0.15, -0.1) is 0 Å². The van der Waals surface area contributed by atoms with Crippen molar-refractivity contribution in [3.63, 3.8) is 0 Å². The summed E-state index contributed by atoms with van der Waals surface area (Å²) in [4.78, 5) is 2.37. The summed E-state index contributed by atoms with van der Waals surface area (Å²) in [6.45, 7) is 5.09. The first-order valence-corrected chi connectivity index (χ1v) is 4.71. The van der Waals surface area contributed by atoms with Gasteiger partial charge in [-0.2, -0.15) is 0 Å². The lowest BCUT2D eigenvalue weighted by Crippen LogP contribution is -2.38. The minimum absolute atomic E-state index is 0.397. The van der Waals surface area contributed by atoms with Crippen molar-refractivity contribution in [2.75, 3.05) is 26.8 Å². The van der Waals surface area contributed by atoms with Gasteiger partial charge < -0.3 is 9.47 Å². The number of ether oxygens (including phenoxy) is 2. The molecule has 0 aliphatic carbocycles. The summed E-state index contributed by atoms with van der Waals surface area (Å²) in [6, 6.07) is 0.606. The summed E-state index contributed by atoms with van der Waals surface area (Å²) in [5, 5.41) is 0. The van der Waals surface area contributed by atoms with E-state index in [2.05, 4.69) is 18.9 Å². The average molecular weight is 171 g/mol. The smallest absolute Gasteiger partial charge is 0.0936 e. The van der Waals surface area contributed by atoms with E-state index in [-0.39, 0.29) is 0 Å². The fourth-order valence-electron chi connectivity index (χ4n) is 1.93. The molecule has 3 heteroatoms. The summed E-state index contributed by atoms with van der Waals surface area (Å²) in [5.41, 5.74) is 0. The zero-order valence-corrected chi connectivity index (χ0v) is 7.82. The van der Waals surface area contributed by atoms with Crippen LogP contribution >= 0.6 is 0 Å². The number of epoxide rings is 1. The van der Waals surface area contributed by atoms with Crippen LogP contribution < -0.4 is 0 Å². The van der Waals surface area contributed by atoms with Gasteiger partial charge in [-0.1, -0.05) is 0 Å². The lowest BCUT2D eigenvalue weighted by Gasteiger charge is -2.25. The number of nitrogens with zero attached hydrogens (tertiary/aromatic N) is 1. The van der Waals surface area contributed by atoms with Crippen LogP contribution in [0.25, 0.3) is 0 Å². The van der Waals surface area contributed by atoms with E-state index in [0.717, 1.165) is 19.8 Å². The maximum Gasteiger partial charge on any atom is 0.0936 e. The first-order valence-electron chi connectivity index (χ1n) is 4.71. The van der Waals surface area contributed by atoms with Gasteiger partial charge in [-0.05, 0) is 20.4 Å². The number of likely N-dealkylation sites (N-methyl/N-ethyl adjacent to an activating group) is 1. The van der Waals surface area contributed by atoms with Gasteiger partial charge in [0.2, 0.25) is 0 Å². The zero-order chi connectivity index (χ0) is 8.55. The summed E-state index contributed by atoms with van der Waals surface area (Å²) in [5.74, 6) is 0. The molecule has 0 bridgehead atoms. The molecule has 2 aliphatic heterocycles. The first kappa shape index (κ1) is 8.48. The Labute approximate surface area is 73.6 Å². The minimum atomic E-state index is 0.397. The first-order chi connectivity index (χ1) is 5.77. The lowest BCUT2D eigenvalue weighted by atomic mass is 10.1. The van der Waals surface area contributed by atoms with Crippen molar-refractivity contribution in [3.8, 4) is 0 Å². The Morgan fingerprint density at radius 1 is 1.42 bits per heavy atom. The molecule has 0 aromatic rings. The van der Waals surface area contributed by atoms with Crippen LogP contribution in [-0.2, 0) is 9.47 Å². The molecule has 0 saturated carbocycles. The van der Waals surface area contributed by atoms with Gasteiger partial charge in [0, 0.05) is 19.2 Å². The molecule has 0 radical (unpaired) electrons. The van der Waals surface area contributed by atoms with Crippen LogP contribution in [0, 0.1) is 0 Å². The SMILES string of the molecule is CC1OCCC1N(C)C[C@H]1CO1. The molecular formula is C9H17NO2. The van der Waals surface area contributed by atoms with Gasteiger partial charge in [-0.3, -0.25) is 4.90 Å². The van der Waals surface area contributed by atoms with Crippen molar-refractivity contribution in [2.45, 2.75) is 31.6 Å². The van der Waals surface area contributed by atoms with E-state index in [1.54, 1.807) is 0 Å². The molecule has 2 aliphatic rings. The summed E-state index contributed by atoms with van der Waals surface area (Å²) >= 11 is 0. The highest BCUT2D eigenvalue weighted by atomic mass is 16.6.